The third-order valence-corrected chi connectivity index (χ3v) is 4.85. The Morgan fingerprint density at radius 2 is 1.79 bits per heavy atom. The molecule has 2 aliphatic heterocycles. The van der Waals surface area contributed by atoms with Crippen molar-refractivity contribution in [2.45, 2.75) is 6.61 Å². The van der Waals surface area contributed by atoms with Crippen molar-refractivity contribution in [2.24, 2.45) is 0 Å². The van der Waals surface area contributed by atoms with Gasteiger partial charge in [0.15, 0.2) is 0 Å². The molecule has 4 rings (SSSR count). The Labute approximate surface area is 161 Å². The maximum atomic E-state index is 13.5. The lowest BCUT2D eigenvalue weighted by Crippen LogP contribution is -2.38. The quantitative estimate of drug-likeness (QED) is 0.772. The molecule has 0 unspecified atom stereocenters. The van der Waals surface area contributed by atoms with Gasteiger partial charge in [-0.25, -0.2) is 4.39 Å². The van der Waals surface area contributed by atoms with Gasteiger partial charge in [-0.05, 0) is 47.0 Å². The van der Waals surface area contributed by atoms with Crippen LogP contribution in [-0.2, 0) is 4.74 Å². The molecule has 0 spiro atoms. The number of halogens is 3. The van der Waals surface area contributed by atoms with Crippen LogP contribution in [0.5, 0.6) is 11.5 Å². The number of hydrogen-bond acceptors (Lipinski definition) is 4. The zero-order valence-corrected chi connectivity index (χ0v) is 15.2. The van der Waals surface area contributed by atoms with Gasteiger partial charge in [0, 0.05) is 25.2 Å². The molecule has 2 aromatic rings. The highest BCUT2D eigenvalue weighted by Gasteiger charge is 2.25. The molecular formula is C21H20F3NO3. The number of nitrogens with zero attached hydrogens (tertiary/aromatic N) is 1. The first-order valence-electron chi connectivity index (χ1n) is 9.10. The van der Waals surface area contributed by atoms with E-state index in [1.807, 2.05) is 0 Å². The topological polar surface area (TPSA) is 30.9 Å². The van der Waals surface area contributed by atoms with E-state index in [4.69, 9.17) is 9.47 Å². The number of morpholine rings is 1. The van der Waals surface area contributed by atoms with E-state index in [2.05, 4.69) is 9.64 Å². The van der Waals surface area contributed by atoms with Gasteiger partial charge in [-0.15, -0.1) is 0 Å². The first-order chi connectivity index (χ1) is 13.6. The summed E-state index contributed by atoms with van der Waals surface area (Å²) in [7, 11) is 0. The maximum Gasteiger partial charge on any atom is 0.387 e. The summed E-state index contributed by atoms with van der Waals surface area (Å²) in [5.41, 5.74) is 3.35. The lowest BCUT2D eigenvalue weighted by Gasteiger charge is -2.31. The molecular weight excluding hydrogens is 371 g/mol. The second kappa shape index (κ2) is 8.24. The molecule has 2 aliphatic rings. The number of hydrogen-bond donors (Lipinski definition) is 0. The molecule has 0 aliphatic carbocycles. The molecule has 0 radical (unpaired) electrons. The van der Waals surface area contributed by atoms with E-state index in [1.54, 1.807) is 24.3 Å². The van der Waals surface area contributed by atoms with Crippen molar-refractivity contribution in [3.05, 3.63) is 65.0 Å². The summed E-state index contributed by atoms with van der Waals surface area (Å²) < 4.78 is 54.7. The first-order valence-corrected chi connectivity index (χ1v) is 9.10. The van der Waals surface area contributed by atoms with Gasteiger partial charge in [-0.3, -0.25) is 4.90 Å². The molecule has 1 fully saturated rings. The largest absolute Gasteiger partial charge is 0.489 e. The van der Waals surface area contributed by atoms with Crippen LogP contribution in [-0.4, -0.2) is 51.0 Å². The minimum absolute atomic E-state index is 0.0598. The Bertz CT molecular complexity index is 862. The Hall–Kier alpha value is -2.51. The highest BCUT2D eigenvalue weighted by molar-refractivity contribution is 5.87. The summed E-state index contributed by atoms with van der Waals surface area (Å²) in [6, 6.07) is 10.8. The van der Waals surface area contributed by atoms with Crippen molar-refractivity contribution in [1.82, 2.24) is 4.90 Å². The zero-order valence-electron chi connectivity index (χ0n) is 15.2. The molecule has 4 nitrogen and oxygen atoms in total. The first kappa shape index (κ1) is 18.8. The normalized spacial score (nSPS) is 17.4. The van der Waals surface area contributed by atoms with E-state index in [0.717, 1.165) is 29.8 Å². The molecule has 0 N–H and O–H groups in total. The number of rotatable bonds is 5. The monoisotopic (exact) mass is 391 g/mol. The summed E-state index contributed by atoms with van der Waals surface area (Å²) in [6.07, 6.45) is 0. The average Bonchev–Trinajstić information content (AvgIpc) is 2.69. The third-order valence-electron chi connectivity index (χ3n) is 4.85. The molecule has 0 amide bonds. The standard InChI is InChI=1S/C21H20F3NO3/c22-16-3-1-14(2-4-16)20-15(12-25-7-9-26-10-8-25)13-27-19-6-5-17(11-18(19)20)28-21(23)24/h1-6,11,21H,7-10,12-13H2. The van der Waals surface area contributed by atoms with Crippen LogP contribution in [0.1, 0.15) is 11.1 Å². The van der Waals surface area contributed by atoms with Crippen LogP contribution in [0.4, 0.5) is 13.2 Å². The maximum absolute atomic E-state index is 13.5. The third kappa shape index (κ3) is 4.15. The van der Waals surface area contributed by atoms with Crippen LogP contribution in [0.15, 0.2) is 48.0 Å². The number of benzene rings is 2. The van der Waals surface area contributed by atoms with Crippen molar-refractivity contribution in [3.63, 3.8) is 0 Å². The Morgan fingerprint density at radius 1 is 1.04 bits per heavy atom. The summed E-state index contributed by atoms with van der Waals surface area (Å²) in [6.45, 7) is 1.09. The van der Waals surface area contributed by atoms with Crippen LogP contribution in [0.25, 0.3) is 5.57 Å². The smallest absolute Gasteiger partial charge is 0.387 e. The molecule has 1 saturated heterocycles. The van der Waals surface area contributed by atoms with E-state index in [0.29, 0.717) is 37.7 Å². The molecule has 28 heavy (non-hydrogen) atoms. The number of ether oxygens (including phenoxy) is 3. The van der Waals surface area contributed by atoms with Gasteiger partial charge in [-0.1, -0.05) is 12.1 Å². The fraction of sp³-hybridized carbons (Fsp3) is 0.333. The Kier molecular flexibility index (Phi) is 5.54. The highest BCUT2D eigenvalue weighted by atomic mass is 19.3. The lowest BCUT2D eigenvalue weighted by atomic mass is 9.90. The van der Waals surface area contributed by atoms with E-state index in [1.165, 1.54) is 18.2 Å². The average molecular weight is 391 g/mol. The molecule has 0 bridgehead atoms. The summed E-state index contributed by atoms with van der Waals surface area (Å²) in [5, 5.41) is 0. The van der Waals surface area contributed by atoms with Crippen molar-refractivity contribution in [1.29, 1.82) is 0 Å². The fourth-order valence-electron chi connectivity index (χ4n) is 3.56. The van der Waals surface area contributed by atoms with Crippen LogP contribution in [0.2, 0.25) is 0 Å². The minimum Gasteiger partial charge on any atom is -0.489 e. The van der Waals surface area contributed by atoms with Gasteiger partial charge in [0.1, 0.15) is 23.9 Å². The van der Waals surface area contributed by atoms with Crippen LogP contribution < -0.4 is 9.47 Å². The SMILES string of the molecule is Fc1ccc(C2=C(CN3CCOCC3)COc3ccc(OC(F)F)cc32)cc1. The Balaban J connectivity index is 1.77. The second-order valence-electron chi connectivity index (χ2n) is 6.70. The van der Waals surface area contributed by atoms with Gasteiger partial charge in [-0.2, -0.15) is 8.78 Å². The fourth-order valence-corrected chi connectivity index (χ4v) is 3.56. The van der Waals surface area contributed by atoms with E-state index < -0.39 is 6.61 Å². The highest BCUT2D eigenvalue weighted by Crippen LogP contribution is 2.40. The van der Waals surface area contributed by atoms with Crippen LogP contribution in [0.3, 0.4) is 0 Å². The molecule has 0 aromatic heterocycles. The second-order valence-corrected chi connectivity index (χ2v) is 6.70. The molecule has 7 heteroatoms. The summed E-state index contributed by atoms with van der Waals surface area (Å²) in [5.74, 6) is 0.317. The van der Waals surface area contributed by atoms with Crippen LogP contribution >= 0.6 is 0 Å². The van der Waals surface area contributed by atoms with E-state index >= 15 is 0 Å². The van der Waals surface area contributed by atoms with Gasteiger partial charge in [0.05, 0.1) is 13.2 Å². The summed E-state index contributed by atoms with van der Waals surface area (Å²) in [4.78, 5) is 2.26. The molecule has 0 atom stereocenters. The molecule has 2 heterocycles. The molecule has 148 valence electrons. The van der Waals surface area contributed by atoms with Crippen molar-refractivity contribution >= 4 is 5.57 Å². The number of fused-ring (bicyclic) bond motifs is 1. The van der Waals surface area contributed by atoms with Gasteiger partial charge < -0.3 is 14.2 Å². The van der Waals surface area contributed by atoms with Gasteiger partial charge in [0.25, 0.3) is 0 Å². The molecule has 2 aromatic carbocycles. The zero-order chi connectivity index (χ0) is 19.5. The van der Waals surface area contributed by atoms with Crippen molar-refractivity contribution < 1.29 is 27.4 Å². The lowest BCUT2D eigenvalue weighted by molar-refractivity contribution is -0.0498. The molecule has 0 saturated carbocycles. The number of alkyl halides is 2. The predicted octanol–water partition coefficient (Wildman–Crippen LogP) is 3.95. The van der Waals surface area contributed by atoms with Crippen molar-refractivity contribution in [3.8, 4) is 11.5 Å². The van der Waals surface area contributed by atoms with Gasteiger partial charge >= 0.3 is 6.61 Å². The minimum atomic E-state index is -2.91. The van der Waals surface area contributed by atoms with Gasteiger partial charge in [0.2, 0.25) is 0 Å². The van der Waals surface area contributed by atoms with E-state index in [-0.39, 0.29) is 11.6 Å². The summed E-state index contributed by atoms with van der Waals surface area (Å²) >= 11 is 0. The Morgan fingerprint density at radius 3 is 2.50 bits per heavy atom. The van der Waals surface area contributed by atoms with Crippen LogP contribution in [0, 0.1) is 5.82 Å². The van der Waals surface area contributed by atoms with Crippen molar-refractivity contribution in [2.75, 3.05) is 39.5 Å². The van der Waals surface area contributed by atoms with E-state index in [9.17, 15) is 13.2 Å². The predicted molar refractivity (Wildman–Crippen MR) is 98.3 cm³/mol.